The van der Waals surface area contributed by atoms with E-state index >= 15 is 0 Å². The molecule has 1 aliphatic carbocycles. The molecule has 674 valence electrons. The largest absolute Gasteiger partial charge is 0.494 e. The van der Waals surface area contributed by atoms with Crippen LogP contribution in [0.1, 0.15) is 297 Å². The van der Waals surface area contributed by atoms with E-state index in [1.165, 1.54) is 257 Å². The van der Waals surface area contributed by atoms with Gasteiger partial charge in [0.1, 0.15) is 0 Å². The van der Waals surface area contributed by atoms with Crippen LogP contribution in [-0.2, 0) is 49.7 Å². The summed E-state index contributed by atoms with van der Waals surface area (Å²) in [6.45, 7) is 31.1. The molecule has 0 unspecified atom stereocenters. The van der Waals surface area contributed by atoms with Crippen molar-refractivity contribution in [1.29, 1.82) is 0 Å². The van der Waals surface area contributed by atoms with E-state index in [0.717, 1.165) is 97.1 Å². The van der Waals surface area contributed by atoms with Crippen LogP contribution in [0.4, 0.5) is 34.1 Å². The third kappa shape index (κ3) is 20.3. The summed E-state index contributed by atoms with van der Waals surface area (Å²) in [4.78, 5) is 5.00. The fraction of sp³-hybridized carbons (Fsp3) is 0.405. The molecule has 0 bridgehead atoms. The van der Waals surface area contributed by atoms with Gasteiger partial charge in [0.2, 0.25) is 0 Å². The molecule has 12 aromatic carbocycles. The lowest BCUT2D eigenvalue weighted by Crippen LogP contribution is -2.41. The van der Waals surface area contributed by atoms with E-state index in [2.05, 4.69) is 372 Å². The highest BCUT2D eigenvalue weighted by Crippen LogP contribution is 2.58. The van der Waals surface area contributed by atoms with E-state index in [-0.39, 0.29) is 5.41 Å². The number of aromatic nitrogens is 1. The van der Waals surface area contributed by atoms with Crippen LogP contribution in [0.25, 0.3) is 83.1 Å². The first-order chi connectivity index (χ1) is 63.2. The highest BCUT2D eigenvalue weighted by atomic mass is 16.7. The topological polar surface area (TPSA) is 48.3 Å². The van der Waals surface area contributed by atoms with Crippen LogP contribution in [0.2, 0.25) is 0 Å². The monoisotopic (exact) mass is 1730 g/mol. The summed E-state index contributed by atoms with van der Waals surface area (Å²) in [5, 5.41) is 2.65. The maximum Gasteiger partial charge on any atom is 0.494 e. The molecular formula is C121H145B2N3O4. The molecule has 13 aromatic rings. The quantitative estimate of drug-likeness (QED) is 0.0280. The molecule has 2 fully saturated rings. The van der Waals surface area contributed by atoms with E-state index in [4.69, 9.17) is 18.6 Å². The van der Waals surface area contributed by atoms with Crippen molar-refractivity contribution in [2.45, 2.75) is 317 Å². The average Bonchev–Trinajstić information content (AvgIpc) is 1.53. The van der Waals surface area contributed by atoms with E-state index in [1.54, 1.807) is 0 Å². The van der Waals surface area contributed by atoms with Gasteiger partial charge in [0.15, 0.2) is 0 Å². The Hall–Kier alpha value is -9.99. The van der Waals surface area contributed by atoms with Gasteiger partial charge >= 0.3 is 14.2 Å². The number of rotatable bonds is 43. The summed E-state index contributed by atoms with van der Waals surface area (Å²) in [5.74, 6) is 0. The Morgan fingerprint density at radius 3 is 1.08 bits per heavy atom. The number of benzene rings is 12. The summed E-state index contributed by atoms with van der Waals surface area (Å²) < 4.78 is 29.5. The van der Waals surface area contributed by atoms with Gasteiger partial charge in [-0.05, 0) is 323 Å². The Balaban J connectivity index is 0.864. The Labute approximate surface area is 781 Å². The molecule has 0 amide bonds. The Bertz CT molecular complexity index is 5840. The fourth-order valence-electron chi connectivity index (χ4n) is 20.6. The summed E-state index contributed by atoms with van der Waals surface area (Å²) >= 11 is 0. The Morgan fingerprint density at radius 1 is 0.269 bits per heavy atom. The lowest BCUT2D eigenvalue weighted by Gasteiger charge is -2.33. The molecule has 0 radical (unpaired) electrons. The van der Waals surface area contributed by atoms with Crippen molar-refractivity contribution in [2.24, 2.45) is 0 Å². The highest BCUT2D eigenvalue weighted by Gasteiger charge is 2.53. The van der Waals surface area contributed by atoms with Crippen molar-refractivity contribution in [2.75, 3.05) is 9.80 Å². The summed E-state index contributed by atoms with van der Waals surface area (Å²) in [7, 11) is -0.933. The molecule has 7 nitrogen and oxygen atoms in total. The molecule has 0 atom stereocenters. The van der Waals surface area contributed by atoms with Crippen LogP contribution in [-0.4, -0.2) is 41.2 Å². The predicted molar refractivity (Wildman–Crippen MR) is 558 cm³/mol. The summed E-state index contributed by atoms with van der Waals surface area (Å²) in [6, 6.07) is 102. The van der Waals surface area contributed by atoms with Crippen LogP contribution in [0.3, 0.4) is 0 Å². The second-order valence-corrected chi connectivity index (χ2v) is 40.2. The van der Waals surface area contributed by atoms with Gasteiger partial charge in [-0.2, -0.15) is 0 Å². The zero-order valence-corrected chi connectivity index (χ0v) is 81.2. The lowest BCUT2D eigenvalue weighted by molar-refractivity contribution is 0.00578. The van der Waals surface area contributed by atoms with Crippen LogP contribution < -0.4 is 20.7 Å². The first-order valence-electron chi connectivity index (χ1n) is 50.7. The van der Waals surface area contributed by atoms with E-state index in [1.807, 2.05) is 0 Å². The maximum atomic E-state index is 6.75. The highest BCUT2D eigenvalue weighted by molar-refractivity contribution is 6.62. The van der Waals surface area contributed by atoms with Gasteiger partial charge in [-0.25, -0.2) is 0 Å². The second kappa shape index (κ2) is 41.8. The van der Waals surface area contributed by atoms with E-state index in [9.17, 15) is 0 Å². The van der Waals surface area contributed by atoms with Gasteiger partial charge in [-0.3, -0.25) is 0 Å². The van der Waals surface area contributed by atoms with Crippen molar-refractivity contribution in [3.8, 4) is 61.3 Å². The lowest BCUT2D eigenvalue weighted by atomic mass is 9.70. The molecule has 3 heterocycles. The molecular weight excluding hydrogens is 1580 g/mol. The third-order valence-electron chi connectivity index (χ3n) is 29.9. The number of unbranched alkanes of at least 4 members (excludes halogenated alkanes) is 18. The molecule has 16 rings (SSSR count). The molecule has 2 aliphatic heterocycles. The van der Waals surface area contributed by atoms with Crippen molar-refractivity contribution in [3.63, 3.8) is 0 Å². The minimum atomic E-state index is -0.475. The van der Waals surface area contributed by atoms with Gasteiger partial charge in [-0.15, -0.1) is 0 Å². The van der Waals surface area contributed by atoms with Gasteiger partial charge < -0.3 is 33.0 Å². The van der Waals surface area contributed by atoms with Crippen molar-refractivity contribution in [3.05, 3.63) is 294 Å². The van der Waals surface area contributed by atoms with E-state index < -0.39 is 36.6 Å². The number of aryl methyl sites for hydroxylation is 4. The number of hydrogen-bond donors (Lipinski definition) is 0. The van der Waals surface area contributed by atoms with Gasteiger partial charge in [0.05, 0.1) is 33.4 Å². The molecule has 130 heavy (non-hydrogen) atoms. The van der Waals surface area contributed by atoms with Crippen LogP contribution in [0, 0.1) is 0 Å². The molecule has 9 heteroatoms. The maximum absolute atomic E-state index is 6.75. The normalized spacial score (nSPS) is 15.2. The smallest absolute Gasteiger partial charge is 0.399 e. The second-order valence-electron chi connectivity index (χ2n) is 40.2. The molecule has 1 aromatic heterocycles. The molecule has 0 N–H and O–H groups in total. The number of hydrogen-bond acceptors (Lipinski definition) is 6. The summed E-state index contributed by atoms with van der Waals surface area (Å²) in [6.07, 6.45) is 35.4. The minimum Gasteiger partial charge on any atom is -0.399 e. The van der Waals surface area contributed by atoms with Crippen molar-refractivity contribution >= 4 is 81.1 Å². The SMILES string of the molecule is CCCCCCCCC1(CCCCCCCC)c2cc(-c3ccc(N(c4ccc(B5OC(C)(C)C(C)(C)O5)cc4)c4ccc(-c5ccc(CCCC)cc5)cc4)cc3)ccc2-c2cc3c(cc21)c1cc(-c2ccccc2)ccc1n3-c1cc(CCCCCC)c(N(c2ccc(B3OC(C)(C)C(C)(C)O3)cc2)c2ccc(-c3ccc(CCCC)cc3)cc2)cc1CCCCCC. The Kier molecular flexibility index (Phi) is 30.0. The van der Waals surface area contributed by atoms with Gasteiger partial charge in [0, 0.05) is 56.0 Å². The zero-order chi connectivity index (χ0) is 90.6. The van der Waals surface area contributed by atoms with Crippen molar-refractivity contribution in [1.82, 2.24) is 4.57 Å². The minimum absolute atomic E-state index is 0.219. The Morgan fingerprint density at radius 2 is 0.623 bits per heavy atom. The third-order valence-corrected chi connectivity index (χ3v) is 29.9. The molecule has 0 saturated carbocycles. The number of nitrogens with zero attached hydrogens (tertiary/aromatic N) is 3. The standard InChI is InChI=1S/C121H145B2N3O4/c1-15-21-27-31-33-40-80-121(81-41-34-32-28-22-16-2)111-83-97(95-60-70-103(71-61-95)124(104-74-64-100(65-75-104)122-127-117(7,8)118(9,10)128-122)102-68-56-93(57-69-102)91-52-48-88(49-53-91)42-25-19-5)62-78-107(111)108-87-116-110(86-112(108)121)109-82-96(90-44-38-35-39-45-90)63-79-113(109)126(116)115-85-98(46-36-29-23-17-3)114(84-99(115)47-37-30-24-18-4)125(106-76-66-101(67-77-106)123-129-119(11,12)120(13,14)130-123)105-72-58-94(59-73-105)92-54-50-89(51-55-92)43-26-20-6/h35,38-39,44-45,48-79,82-87H,15-34,36-37,40-43,46-47,80-81H2,1-14H3. The predicted octanol–water partition coefficient (Wildman–Crippen LogP) is 33.7. The number of fused-ring (bicyclic) bond motifs is 6. The van der Waals surface area contributed by atoms with Crippen LogP contribution in [0.15, 0.2) is 261 Å². The van der Waals surface area contributed by atoms with Gasteiger partial charge in [-0.1, -0.05) is 328 Å². The molecule has 0 spiro atoms. The molecule has 2 saturated heterocycles. The first kappa shape index (κ1) is 93.3. The molecule has 3 aliphatic rings. The van der Waals surface area contributed by atoms with Crippen LogP contribution >= 0.6 is 0 Å². The zero-order valence-electron chi connectivity index (χ0n) is 81.2. The average molecular weight is 1730 g/mol. The van der Waals surface area contributed by atoms with Gasteiger partial charge in [0.25, 0.3) is 0 Å². The number of anilines is 6. The van der Waals surface area contributed by atoms with Crippen molar-refractivity contribution < 1.29 is 18.6 Å². The van der Waals surface area contributed by atoms with E-state index in [0.29, 0.717) is 0 Å². The fourth-order valence-corrected chi connectivity index (χ4v) is 20.6. The first-order valence-corrected chi connectivity index (χ1v) is 50.7. The summed E-state index contributed by atoms with van der Waals surface area (Å²) in [5.41, 5.74) is 31.8. The van der Waals surface area contributed by atoms with Crippen LogP contribution in [0.5, 0.6) is 0 Å².